The molecule has 7 heteroatoms. The smallest absolute Gasteiger partial charge is 0.142 e. The van der Waals surface area contributed by atoms with Gasteiger partial charge >= 0.3 is 0 Å². The van der Waals surface area contributed by atoms with E-state index in [0.717, 1.165) is 22.6 Å². The van der Waals surface area contributed by atoms with Crippen molar-refractivity contribution in [3.8, 4) is 5.69 Å². The van der Waals surface area contributed by atoms with Crippen LogP contribution in [-0.4, -0.2) is 16.0 Å². The van der Waals surface area contributed by atoms with E-state index in [4.69, 9.17) is 34.8 Å². The first kappa shape index (κ1) is 16.8. The SMILES string of the molecule is Cc1nn(-c2ccccc2)c(Cl)c1C=NNc1ccc(Cl)c(Cl)c1. The van der Waals surface area contributed by atoms with Gasteiger partial charge in [-0.25, -0.2) is 4.68 Å². The molecule has 3 aromatic rings. The van der Waals surface area contributed by atoms with Crippen molar-refractivity contribution in [3.05, 3.63) is 75.0 Å². The predicted octanol–water partition coefficient (Wildman–Crippen LogP) is 5.59. The van der Waals surface area contributed by atoms with Gasteiger partial charge in [-0.2, -0.15) is 10.2 Å². The maximum absolute atomic E-state index is 6.43. The molecule has 0 saturated heterocycles. The van der Waals surface area contributed by atoms with Crippen LogP contribution in [0.5, 0.6) is 0 Å². The molecule has 0 aliphatic heterocycles. The number of halogens is 3. The first-order valence-electron chi connectivity index (χ1n) is 7.11. The van der Waals surface area contributed by atoms with E-state index in [-0.39, 0.29) is 0 Å². The number of nitrogens with one attached hydrogen (secondary N) is 1. The molecule has 0 unspecified atom stereocenters. The van der Waals surface area contributed by atoms with Crippen molar-refractivity contribution in [3.63, 3.8) is 0 Å². The number of aromatic nitrogens is 2. The Hall–Kier alpha value is -2.01. The molecule has 0 aliphatic rings. The van der Waals surface area contributed by atoms with E-state index in [9.17, 15) is 0 Å². The average molecular weight is 380 g/mol. The standard InChI is InChI=1S/C17H13Cl3N4/c1-11-14(10-21-22-12-7-8-15(18)16(19)9-12)17(20)24(23-11)13-5-3-2-4-6-13/h2-10,22H,1H3. The minimum absolute atomic E-state index is 0.461. The summed E-state index contributed by atoms with van der Waals surface area (Å²) in [6.45, 7) is 1.88. The number of nitrogens with zero attached hydrogens (tertiary/aromatic N) is 3. The van der Waals surface area contributed by atoms with Crippen LogP contribution in [0.2, 0.25) is 15.2 Å². The zero-order valence-corrected chi connectivity index (χ0v) is 14.9. The molecule has 0 atom stereocenters. The van der Waals surface area contributed by atoms with Gasteiger partial charge in [-0.15, -0.1) is 0 Å². The van der Waals surface area contributed by atoms with Crippen molar-refractivity contribution in [1.29, 1.82) is 0 Å². The molecule has 4 nitrogen and oxygen atoms in total. The molecule has 0 radical (unpaired) electrons. The molecule has 122 valence electrons. The van der Waals surface area contributed by atoms with Crippen LogP contribution in [0.3, 0.4) is 0 Å². The van der Waals surface area contributed by atoms with Crippen LogP contribution in [0.1, 0.15) is 11.3 Å². The Morgan fingerprint density at radius 3 is 2.50 bits per heavy atom. The highest BCUT2D eigenvalue weighted by Crippen LogP contribution is 2.25. The van der Waals surface area contributed by atoms with E-state index < -0.39 is 0 Å². The van der Waals surface area contributed by atoms with Crippen LogP contribution in [0.25, 0.3) is 5.69 Å². The molecule has 1 N–H and O–H groups in total. The molecule has 3 rings (SSSR count). The van der Waals surface area contributed by atoms with E-state index in [0.29, 0.717) is 15.2 Å². The number of anilines is 1. The third kappa shape index (κ3) is 3.56. The summed E-state index contributed by atoms with van der Waals surface area (Å²) in [5, 5.41) is 10.1. The summed E-state index contributed by atoms with van der Waals surface area (Å²) < 4.78 is 1.68. The van der Waals surface area contributed by atoms with E-state index >= 15 is 0 Å². The molecule has 0 saturated carbocycles. The number of hydrogen-bond donors (Lipinski definition) is 1. The number of rotatable bonds is 4. The monoisotopic (exact) mass is 378 g/mol. The molecule has 0 bridgehead atoms. The molecule has 0 spiro atoms. The summed E-state index contributed by atoms with van der Waals surface area (Å²) in [4.78, 5) is 0. The molecule has 0 amide bonds. The van der Waals surface area contributed by atoms with Crippen LogP contribution in [0, 0.1) is 6.92 Å². The van der Waals surface area contributed by atoms with Gasteiger partial charge in [0.05, 0.1) is 38.9 Å². The highest BCUT2D eigenvalue weighted by atomic mass is 35.5. The van der Waals surface area contributed by atoms with Crippen LogP contribution in [0.15, 0.2) is 53.6 Å². The Kier molecular flexibility index (Phi) is 5.09. The minimum Gasteiger partial charge on any atom is -0.278 e. The van der Waals surface area contributed by atoms with Crippen molar-refractivity contribution >= 4 is 46.7 Å². The van der Waals surface area contributed by atoms with E-state index in [1.807, 2.05) is 37.3 Å². The zero-order valence-electron chi connectivity index (χ0n) is 12.7. The van der Waals surface area contributed by atoms with Crippen molar-refractivity contribution in [2.75, 3.05) is 5.43 Å². The van der Waals surface area contributed by atoms with Crippen molar-refractivity contribution in [2.24, 2.45) is 5.10 Å². The molecular weight excluding hydrogens is 367 g/mol. The second-order valence-electron chi connectivity index (χ2n) is 5.04. The third-order valence-corrected chi connectivity index (χ3v) is 4.46. The topological polar surface area (TPSA) is 42.2 Å². The molecule has 2 aromatic carbocycles. The lowest BCUT2D eigenvalue weighted by atomic mass is 10.3. The zero-order chi connectivity index (χ0) is 17.1. The Morgan fingerprint density at radius 2 is 1.79 bits per heavy atom. The Labute approximate surface area is 154 Å². The summed E-state index contributed by atoms with van der Waals surface area (Å²) in [6.07, 6.45) is 1.63. The highest BCUT2D eigenvalue weighted by molar-refractivity contribution is 6.42. The number of hydrogen-bond acceptors (Lipinski definition) is 3. The van der Waals surface area contributed by atoms with Gasteiger partial charge in [0.1, 0.15) is 5.15 Å². The normalized spacial score (nSPS) is 11.2. The maximum atomic E-state index is 6.43. The second kappa shape index (κ2) is 7.26. The molecule has 0 aliphatic carbocycles. The summed E-state index contributed by atoms with van der Waals surface area (Å²) in [7, 11) is 0. The molecule has 1 aromatic heterocycles. The van der Waals surface area contributed by atoms with E-state index in [1.54, 1.807) is 29.1 Å². The van der Waals surface area contributed by atoms with Crippen molar-refractivity contribution in [1.82, 2.24) is 9.78 Å². The van der Waals surface area contributed by atoms with Gasteiger partial charge in [0.25, 0.3) is 0 Å². The van der Waals surface area contributed by atoms with Crippen molar-refractivity contribution in [2.45, 2.75) is 6.92 Å². The summed E-state index contributed by atoms with van der Waals surface area (Å²) in [6, 6.07) is 14.9. The van der Waals surface area contributed by atoms with Gasteiger partial charge in [-0.1, -0.05) is 53.0 Å². The van der Waals surface area contributed by atoms with Crippen LogP contribution < -0.4 is 5.43 Å². The summed E-state index contributed by atoms with van der Waals surface area (Å²) >= 11 is 18.3. The fourth-order valence-electron chi connectivity index (χ4n) is 2.14. The Bertz CT molecular complexity index is 888. The van der Waals surface area contributed by atoms with Gasteiger partial charge in [0, 0.05) is 0 Å². The van der Waals surface area contributed by atoms with Gasteiger partial charge in [0.2, 0.25) is 0 Å². The van der Waals surface area contributed by atoms with Gasteiger partial charge in [-0.3, -0.25) is 5.43 Å². The summed E-state index contributed by atoms with van der Waals surface area (Å²) in [5.41, 5.74) is 6.04. The van der Waals surface area contributed by atoms with Crippen LogP contribution in [0.4, 0.5) is 5.69 Å². The van der Waals surface area contributed by atoms with Crippen LogP contribution in [-0.2, 0) is 0 Å². The molecule has 1 heterocycles. The minimum atomic E-state index is 0.461. The lowest BCUT2D eigenvalue weighted by molar-refractivity contribution is 0.863. The van der Waals surface area contributed by atoms with Gasteiger partial charge < -0.3 is 0 Å². The summed E-state index contributed by atoms with van der Waals surface area (Å²) in [5.74, 6) is 0. The van der Waals surface area contributed by atoms with E-state index in [2.05, 4.69) is 15.6 Å². The number of benzene rings is 2. The first-order chi connectivity index (χ1) is 11.6. The second-order valence-corrected chi connectivity index (χ2v) is 6.21. The number of aryl methyl sites for hydroxylation is 1. The average Bonchev–Trinajstić information content (AvgIpc) is 2.87. The quantitative estimate of drug-likeness (QED) is 0.474. The predicted molar refractivity (Wildman–Crippen MR) is 101 cm³/mol. The molecule has 24 heavy (non-hydrogen) atoms. The number of hydrazone groups is 1. The fourth-order valence-corrected chi connectivity index (χ4v) is 2.75. The Balaban J connectivity index is 1.82. The lowest BCUT2D eigenvalue weighted by Gasteiger charge is -2.02. The largest absolute Gasteiger partial charge is 0.278 e. The first-order valence-corrected chi connectivity index (χ1v) is 8.24. The van der Waals surface area contributed by atoms with Crippen LogP contribution >= 0.6 is 34.8 Å². The van der Waals surface area contributed by atoms with Crippen molar-refractivity contribution < 1.29 is 0 Å². The van der Waals surface area contributed by atoms with Gasteiger partial charge in [0.15, 0.2) is 0 Å². The third-order valence-electron chi connectivity index (χ3n) is 3.36. The Morgan fingerprint density at radius 1 is 1.04 bits per heavy atom. The molecular formula is C17H13Cl3N4. The van der Waals surface area contributed by atoms with E-state index in [1.165, 1.54) is 0 Å². The maximum Gasteiger partial charge on any atom is 0.142 e. The number of para-hydroxylation sites is 1. The highest BCUT2D eigenvalue weighted by Gasteiger charge is 2.12. The lowest BCUT2D eigenvalue weighted by Crippen LogP contribution is -1.96. The van der Waals surface area contributed by atoms with Gasteiger partial charge in [-0.05, 0) is 37.3 Å². The fraction of sp³-hybridized carbons (Fsp3) is 0.0588. The molecule has 0 fully saturated rings.